The predicted octanol–water partition coefficient (Wildman–Crippen LogP) is 5.14. The highest BCUT2D eigenvalue weighted by Gasteiger charge is 2.37. The molecule has 0 aliphatic carbocycles. The van der Waals surface area contributed by atoms with E-state index in [-0.39, 0.29) is 12.3 Å². The van der Waals surface area contributed by atoms with Crippen molar-refractivity contribution in [2.24, 2.45) is 0 Å². The molecule has 0 saturated heterocycles. The molecule has 1 aliphatic rings. The standard InChI is InChI=1S/C21H21Cl2N2O2/c1-12-5-7-15(8-6-12)18(26)11-25-14(3)19(21(27)24(25)4)16-9-10-17(22)13(2)20(16)23/h5-10,21H,11H2,1-4H3. The highest BCUT2D eigenvalue weighted by Crippen LogP contribution is 2.39. The maximum Gasteiger partial charge on any atom is 0.190 e. The van der Waals surface area contributed by atoms with Gasteiger partial charge < -0.3 is 0 Å². The van der Waals surface area contributed by atoms with Crippen LogP contribution in [0.5, 0.6) is 0 Å². The third kappa shape index (κ3) is 3.63. The zero-order chi connectivity index (χ0) is 19.9. The predicted molar refractivity (Wildman–Crippen MR) is 108 cm³/mol. The van der Waals surface area contributed by atoms with Crippen LogP contribution in [-0.2, 0) is 5.11 Å². The second-order valence-corrected chi connectivity index (χ2v) is 7.59. The summed E-state index contributed by atoms with van der Waals surface area (Å²) in [6, 6.07) is 10.9. The summed E-state index contributed by atoms with van der Waals surface area (Å²) in [5.74, 6) is -0.0481. The number of carbonyl (C=O) groups is 1. The van der Waals surface area contributed by atoms with Crippen molar-refractivity contribution >= 4 is 34.6 Å². The molecule has 1 unspecified atom stereocenters. The van der Waals surface area contributed by atoms with Gasteiger partial charge in [-0.05, 0) is 32.4 Å². The molecular weight excluding hydrogens is 383 g/mol. The Kier molecular flexibility index (Phi) is 5.63. The van der Waals surface area contributed by atoms with Gasteiger partial charge in [0.25, 0.3) is 0 Å². The average molecular weight is 404 g/mol. The summed E-state index contributed by atoms with van der Waals surface area (Å²) >= 11 is 12.6. The summed E-state index contributed by atoms with van der Waals surface area (Å²) in [6.45, 7) is 5.73. The Balaban J connectivity index is 1.95. The molecule has 141 valence electrons. The fraction of sp³-hybridized carbons (Fsp3) is 0.286. The number of Topliss-reactive ketones (excluding diaryl/α,β-unsaturated/α-hetero) is 1. The number of nitrogens with zero attached hydrogens (tertiary/aromatic N) is 2. The summed E-state index contributed by atoms with van der Waals surface area (Å²) in [6.07, 6.45) is -1.14. The van der Waals surface area contributed by atoms with Gasteiger partial charge in [0.1, 0.15) is 0 Å². The van der Waals surface area contributed by atoms with Crippen LogP contribution in [0.25, 0.3) is 5.57 Å². The highest BCUT2D eigenvalue weighted by atomic mass is 35.5. The zero-order valence-electron chi connectivity index (χ0n) is 15.7. The number of hydrogen-bond donors (Lipinski definition) is 0. The van der Waals surface area contributed by atoms with E-state index in [0.29, 0.717) is 26.7 Å². The Hall–Kier alpha value is -1.85. The van der Waals surface area contributed by atoms with Gasteiger partial charge in [-0.2, -0.15) is 5.01 Å². The second kappa shape index (κ2) is 7.64. The molecule has 0 N–H and O–H groups in total. The first-order chi connectivity index (χ1) is 12.7. The molecule has 0 fully saturated rings. The van der Waals surface area contributed by atoms with Gasteiger partial charge in [-0.15, -0.1) is 0 Å². The van der Waals surface area contributed by atoms with Crippen molar-refractivity contribution in [3.05, 3.63) is 74.4 Å². The lowest BCUT2D eigenvalue weighted by Crippen LogP contribution is -2.41. The Bertz CT molecular complexity index is 923. The molecular formula is C21H21Cl2N2O2. The number of allylic oxidation sites excluding steroid dienone is 1. The van der Waals surface area contributed by atoms with Crippen molar-refractivity contribution in [1.82, 2.24) is 10.0 Å². The van der Waals surface area contributed by atoms with Gasteiger partial charge in [0, 0.05) is 34.5 Å². The Morgan fingerprint density at radius 1 is 1.04 bits per heavy atom. The third-order valence-corrected chi connectivity index (χ3v) is 5.92. The minimum atomic E-state index is -1.14. The molecule has 0 bridgehead atoms. The van der Waals surface area contributed by atoms with Crippen LogP contribution in [0.1, 0.15) is 34.0 Å². The van der Waals surface area contributed by atoms with E-state index in [1.807, 2.05) is 45.0 Å². The van der Waals surface area contributed by atoms with Gasteiger partial charge >= 0.3 is 0 Å². The summed E-state index contributed by atoms with van der Waals surface area (Å²) in [5.41, 5.74) is 4.41. The van der Waals surface area contributed by atoms with E-state index in [1.54, 1.807) is 24.2 Å². The van der Waals surface area contributed by atoms with E-state index in [1.165, 1.54) is 5.01 Å². The van der Waals surface area contributed by atoms with Crippen molar-refractivity contribution in [1.29, 1.82) is 0 Å². The molecule has 1 heterocycles. The van der Waals surface area contributed by atoms with Crippen LogP contribution in [-0.4, -0.2) is 35.6 Å². The minimum absolute atomic E-state index is 0.0481. The molecule has 1 aliphatic heterocycles. The lowest BCUT2D eigenvalue weighted by molar-refractivity contribution is -0.0782. The van der Waals surface area contributed by atoms with Gasteiger partial charge in [-0.1, -0.05) is 59.1 Å². The first-order valence-corrected chi connectivity index (χ1v) is 9.39. The van der Waals surface area contributed by atoms with Gasteiger partial charge in [-0.3, -0.25) is 9.80 Å². The maximum atomic E-state index is 12.9. The zero-order valence-corrected chi connectivity index (χ0v) is 17.2. The first kappa shape index (κ1) is 19.9. The number of halogens is 2. The van der Waals surface area contributed by atoms with Crippen molar-refractivity contribution in [3.63, 3.8) is 0 Å². The summed E-state index contributed by atoms with van der Waals surface area (Å²) in [4.78, 5) is 12.7. The molecule has 0 spiro atoms. The van der Waals surface area contributed by atoms with E-state index < -0.39 is 6.23 Å². The van der Waals surface area contributed by atoms with E-state index in [4.69, 9.17) is 23.2 Å². The Morgan fingerprint density at radius 3 is 2.30 bits per heavy atom. The molecule has 2 aromatic rings. The quantitative estimate of drug-likeness (QED) is 0.663. The topological polar surface area (TPSA) is 43.5 Å². The second-order valence-electron chi connectivity index (χ2n) is 6.81. The average Bonchev–Trinajstić information content (AvgIpc) is 2.84. The number of carbonyl (C=O) groups excluding carboxylic acids is 1. The SMILES string of the molecule is CC1=C(c2ccc(Cl)c(C)c2Cl)C([O])N(C)N1CC(=O)c1ccc(C)cc1. The van der Waals surface area contributed by atoms with Crippen molar-refractivity contribution < 1.29 is 9.90 Å². The molecule has 0 saturated carbocycles. The number of hydrazine groups is 1. The van der Waals surface area contributed by atoms with E-state index in [9.17, 15) is 9.90 Å². The van der Waals surface area contributed by atoms with Crippen LogP contribution in [0.2, 0.25) is 10.0 Å². The number of hydrogen-bond acceptors (Lipinski definition) is 3. The molecule has 4 nitrogen and oxygen atoms in total. The van der Waals surface area contributed by atoms with Crippen LogP contribution in [0.15, 0.2) is 42.1 Å². The van der Waals surface area contributed by atoms with Gasteiger partial charge in [0.15, 0.2) is 12.0 Å². The van der Waals surface area contributed by atoms with Crippen molar-refractivity contribution in [2.75, 3.05) is 13.6 Å². The number of rotatable bonds is 4. The van der Waals surface area contributed by atoms with Crippen molar-refractivity contribution in [2.45, 2.75) is 27.0 Å². The van der Waals surface area contributed by atoms with Crippen molar-refractivity contribution in [3.8, 4) is 0 Å². The number of likely N-dealkylation sites (N-methyl/N-ethyl adjacent to an activating group) is 1. The fourth-order valence-electron chi connectivity index (χ4n) is 3.26. The molecule has 1 radical (unpaired) electrons. The summed E-state index contributed by atoms with van der Waals surface area (Å²) < 4.78 is 0. The van der Waals surface area contributed by atoms with Gasteiger partial charge in [0.2, 0.25) is 0 Å². The maximum absolute atomic E-state index is 12.9. The largest absolute Gasteiger partial charge is 0.299 e. The molecule has 2 aromatic carbocycles. The normalized spacial score (nSPS) is 17.7. The molecule has 0 amide bonds. The van der Waals surface area contributed by atoms with Crippen LogP contribution < -0.4 is 0 Å². The Morgan fingerprint density at radius 2 is 1.67 bits per heavy atom. The van der Waals surface area contributed by atoms with E-state index in [0.717, 1.165) is 16.8 Å². The van der Waals surface area contributed by atoms with Gasteiger partial charge in [-0.25, -0.2) is 5.11 Å². The molecule has 3 rings (SSSR count). The summed E-state index contributed by atoms with van der Waals surface area (Å²) in [5, 5.41) is 17.2. The van der Waals surface area contributed by atoms with Gasteiger partial charge in [0.05, 0.1) is 11.6 Å². The number of ketones is 1. The van der Waals surface area contributed by atoms with Crippen LogP contribution in [0.4, 0.5) is 0 Å². The Labute approximate surface area is 169 Å². The van der Waals surface area contributed by atoms with Crippen LogP contribution in [0.3, 0.4) is 0 Å². The smallest absolute Gasteiger partial charge is 0.190 e. The lowest BCUT2D eigenvalue weighted by atomic mass is 10.0. The van der Waals surface area contributed by atoms with Crippen LogP contribution >= 0.6 is 23.2 Å². The van der Waals surface area contributed by atoms with E-state index in [2.05, 4.69) is 0 Å². The molecule has 6 heteroatoms. The lowest BCUT2D eigenvalue weighted by Gasteiger charge is -2.28. The van der Waals surface area contributed by atoms with Crippen LogP contribution in [0, 0.1) is 13.8 Å². The highest BCUT2D eigenvalue weighted by molar-refractivity contribution is 6.37. The number of aryl methyl sites for hydroxylation is 1. The summed E-state index contributed by atoms with van der Waals surface area (Å²) in [7, 11) is 1.69. The molecule has 1 atom stereocenters. The first-order valence-electron chi connectivity index (χ1n) is 8.64. The van der Waals surface area contributed by atoms with E-state index >= 15 is 0 Å². The third-order valence-electron chi connectivity index (χ3n) is 5.02. The fourth-order valence-corrected chi connectivity index (χ4v) is 3.73. The monoisotopic (exact) mass is 403 g/mol. The molecule has 27 heavy (non-hydrogen) atoms. The molecule has 0 aromatic heterocycles. The minimum Gasteiger partial charge on any atom is -0.299 e. The number of benzene rings is 2.